The molecule has 1 fully saturated rings. The largest absolute Gasteiger partial charge is 0.374 e. The minimum Gasteiger partial charge on any atom is -0.374 e. The van der Waals surface area contributed by atoms with E-state index in [0.717, 1.165) is 19.7 Å². The summed E-state index contributed by atoms with van der Waals surface area (Å²) in [6.07, 6.45) is 1.43. The Morgan fingerprint density at radius 1 is 1.42 bits per heavy atom. The first kappa shape index (κ1) is 16.9. The van der Waals surface area contributed by atoms with E-state index in [1.165, 1.54) is 6.26 Å². The smallest absolute Gasteiger partial charge is 0.153 e. The van der Waals surface area contributed by atoms with Gasteiger partial charge in [-0.3, -0.25) is 4.90 Å². The van der Waals surface area contributed by atoms with Crippen LogP contribution >= 0.6 is 0 Å². The Kier molecular flexibility index (Phi) is 5.79. The maximum Gasteiger partial charge on any atom is 0.153 e. The molecule has 0 spiro atoms. The number of rotatable bonds is 6. The molecule has 0 aromatic rings. The van der Waals surface area contributed by atoms with Gasteiger partial charge in [-0.15, -0.1) is 0 Å². The minimum absolute atomic E-state index is 0.145. The van der Waals surface area contributed by atoms with Crippen molar-refractivity contribution in [3.63, 3.8) is 0 Å². The molecule has 0 saturated carbocycles. The van der Waals surface area contributed by atoms with Gasteiger partial charge in [-0.2, -0.15) is 0 Å². The molecule has 1 unspecified atom stereocenters. The second-order valence-corrected chi connectivity index (χ2v) is 8.89. The van der Waals surface area contributed by atoms with Crippen LogP contribution in [-0.4, -0.2) is 69.3 Å². The number of sulfone groups is 1. The van der Waals surface area contributed by atoms with Crippen LogP contribution in [0.3, 0.4) is 0 Å². The molecule has 0 amide bonds. The van der Waals surface area contributed by atoms with Crippen molar-refractivity contribution < 1.29 is 13.2 Å². The number of nitrogens with zero attached hydrogens (tertiary/aromatic N) is 1. The minimum atomic E-state index is -3.04. The highest BCUT2D eigenvalue weighted by Crippen LogP contribution is 2.14. The molecule has 1 saturated heterocycles. The van der Waals surface area contributed by atoms with Crippen LogP contribution in [0.25, 0.3) is 0 Å². The highest BCUT2D eigenvalue weighted by atomic mass is 32.2. The molecule has 1 rings (SSSR count). The Morgan fingerprint density at radius 3 is 2.58 bits per heavy atom. The molecule has 0 aromatic heterocycles. The van der Waals surface area contributed by atoms with Crippen LogP contribution in [-0.2, 0) is 14.6 Å². The van der Waals surface area contributed by atoms with Crippen LogP contribution in [0.1, 0.15) is 27.7 Å². The van der Waals surface area contributed by atoms with Crippen molar-refractivity contribution in [1.82, 2.24) is 10.2 Å². The van der Waals surface area contributed by atoms with Crippen molar-refractivity contribution in [1.29, 1.82) is 0 Å². The fourth-order valence-corrected chi connectivity index (χ4v) is 2.36. The number of hydrogen-bond acceptors (Lipinski definition) is 5. The van der Waals surface area contributed by atoms with Crippen molar-refractivity contribution in [2.24, 2.45) is 0 Å². The Labute approximate surface area is 117 Å². The summed E-state index contributed by atoms with van der Waals surface area (Å²) in [4.78, 5) is 2.39. The number of morpholine rings is 1. The summed E-state index contributed by atoms with van der Waals surface area (Å²) >= 11 is 0. The molecule has 1 N–H and O–H groups in total. The predicted molar refractivity (Wildman–Crippen MR) is 78.2 cm³/mol. The second-order valence-electron chi connectivity index (χ2n) is 6.24. The van der Waals surface area contributed by atoms with Crippen LogP contribution in [0.2, 0.25) is 0 Å². The average Bonchev–Trinajstić information content (AvgIpc) is 2.27. The van der Waals surface area contributed by atoms with Gasteiger partial charge in [0.25, 0.3) is 0 Å². The van der Waals surface area contributed by atoms with Crippen LogP contribution in [0.5, 0.6) is 0 Å². The van der Waals surface area contributed by atoms with Crippen molar-refractivity contribution >= 4 is 9.84 Å². The topological polar surface area (TPSA) is 58.6 Å². The molecular formula is C13H28N2O3S. The first-order valence-electron chi connectivity index (χ1n) is 6.89. The quantitative estimate of drug-likeness (QED) is 0.773. The molecular weight excluding hydrogens is 264 g/mol. The van der Waals surface area contributed by atoms with Crippen molar-refractivity contribution in [2.75, 3.05) is 39.0 Å². The summed E-state index contributed by atoms with van der Waals surface area (Å²) in [6, 6.07) is 0.527. The SMILES string of the molecule is CC(C)N1CCOC(CNCC(C)(C)S(C)(=O)=O)C1. The maximum atomic E-state index is 11.6. The third-order valence-corrected chi connectivity index (χ3v) is 5.98. The maximum absolute atomic E-state index is 11.6. The summed E-state index contributed by atoms with van der Waals surface area (Å²) in [5, 5.41) is 3.23. The van der Waals surface area contributed by atoms with E-state index in [9.17, 15) is 8.42 Å². The third kappa shape index (κ3) is 5.02. The van der Waals surface area contributed by atoms with E-state index in [-0.39, 0.29) is 6.10 Å². The normalized spacial score (nSPS) is 22.9. The van der Waals surface area contributed by atoms with Gasteiger partial charge in [-0.05, 0) is 27.7 Å². The van der Waals surface area contributed by atoms with Gasteiger partial charge < -0.3 is 10.1 Å². The number of ether oxygens (including phenoxy) is 1. The fraction of sp³-hybridized carbons (Fsp3) is 1.00. The Balaban J connectivity index is 2.37. The second kappa shape index (κ2) is 6.52. The zero-order chi connectivity index (χ0) is 14.7. The first-order valence-corrected chi connectivity index (χ1v) is 8.78. The first-order chi connectivity index (χ1) is 8.63. The van der Waals surface area contributed by atoms with Crippen LogP contribution < -0.4 is 5.32 Å². The molecule has 19 heavy (non-hydrogen) atoms. The Morgan fingerprint density at radius 2 is 2.05 bits per heavy atom. The van der Waals surface area contributed by atoms with Gasteiger partial charge in [-0.1, -0.05) is 0 Å². The number of nitrogens with one attached hydrogen (secondary N) is 1. The van der Waals surface area contributed by atoms with Crippen molar-refractivity contribution in [3.05, 3.63) is 0 Å². The van der Waals surface area contributed by atoms with Crippen LogP contribution in [0, 0.1) is 0 Å². The summed E-state index contributed by atoms with van der Waals surface area (Å²) in [5.41, 5.74) is 0. The lowest BCUT2D eigenvalue weighted by Crippen LogP contribution is -2.51. The van der Waals surface area contributed by atoms with Crippen molar-refractivity contribution in [3.8, 4) is 0 Å². The zero-order valence-electron chi connectivity index (χ0n) is 12.8. The van der Waals surface area contributed by atoms with Gasteiger partial charge in [0.1, 0.15) is 0 Å². The molecule has 6 heteroatoms. The van der Waals surface area contributed by atoms with E-state index in [1.807, 2.05) is 0 Å². The predicted octanol–water partition coefficient (Wildman–Crippen LogP) is 0.508. The third-order valence-electron chi connectivity index (χ3n) is 3.83. The lowest BCUT2D eigenvalue weighted by molar-refractivity contribution is -0.0371. The highest BCUT2D eigenvalue weighted by Gasteiger charge is 2.30. The molecule has 1 aliphatic rings. The van der Waals surface area contributed by atoms with Gasteiger partial charge in [0.2, 0.25) is 0 Å². The highest BCUT2D eigenvalue weighted by molar-refractivity contribution is 7.92. The molecule has 0 aliphatic carbocycles. The molecule has 1 aliphatic heterocycles. The van der Waals surface area contributed by atoms with E-state index in [0.29, 0.717) is 19.1 Å². The van der Waals surface area contributed by atoms with E-state index in [2.05, 4.69) is 24.1 Å². The van der Waals surface area contributed by atoms with Gasteiger partial charge in [0.15, 0.2) is 9.84 Å². The Hall–Kier alpha value is -0.170. The monoisotopic (exact) mass is 292 g/mol. The average molecular weight is 292 g/mol. The summed E-state index contributed by atoms with van der Waals surface area (Å²) < 4.78 is 28.2. The van der Waals surface area contributed by atoms with Gasteiger partial charge in [0, 0.05) is 38.5 Å². The molecule has 1 heterocycles. The van der Waals surface area contributed by atoms with Gasteiger partial charge in [0.05, 0.1) is 17.5 Å². The van der Waals surface area contributed by atoms with Crippen LogP contribution in [0.4, 0.5) is 0 Å². The number of hydrogen-bond donors (Lipinski definition) is 1. The van der Waals surface area contributed by atoms with E-state index >= 15 is 0 Å². The molecule has 0 bridgehead atoms. The standard InChI is InChI=1S/C13H28N2O3S/c1-11(2)15-6-7-18-12(9-15)8-14-10-13(3,4)19(5,16)17/h11-12,14H,6-10H2,1-5H3. The lowest BCUT2D eigenvalue weighted by atomic mass is 10.2. The molecule has 0 radical (unpaired) electrons. The van der Waals surface area contributed by atoms with E-state index in [4.69, 9.17) is 4.74 Å². The molecule has 1 atom stereocenters. The molecule has 114 valence electrons. The molecule has 5 nitrogen and oxygen atoms in total. The van der Waals surface area contributed by atoms with Crippen molar-refractivity contribution in [2.45, 2.75) is 44.6 Å². The fourth-order valence-electron chi connectivity index (χ4n) is 2.00. The summed E-state index contributed by atoms with van der Waals surface area (Å²) in [6.45, 7) is 11.6. The lowest BCUT2D eigenvalue weighted by Gasteiger charge is -2.36. The summed E-state index contributed by atoms with van der Waals surface area (Å²) in [7, 11) is -3.04. The zero-order valence-corrected chi connectivity index (χ0v) is 13.6. The van der Waals surface area contributed by atoms with E-state index in [1.54, 1.807) is 13.8 Å². The summed E-state index contributed by atoms with van der Waals surface area (Å²) in [5.74, 6) is 0. The van der Waals surface area contributed by atoms with Gasteiger partial charge in [-0.25, -0.2) is 8.42 Å². The Bertz CT molecular complexity index is 379. The van der Waals surface area contributed by atoms with E-state index < -0.39 is 14.6 Å². The van der Waals surface area contributed by atoms with Crippen LogP contribution in [0.15, 0.2) is 0 Å². The molecule has 0 aromatic carbocycles. The van der Waals surface area contributed by atoms with Gasteiger partial charge >= 0.3 is 0 Å².